The summed E-state index contributed by atoms with van der Waals surface area (Å²) in [6.07, 6.45) is 0. The number of anilines is 1. The molecule has 1 aliphatic rings. The van der Waals surface area contributed by atoms with Crippen LogP contribution in [-0.4, -0.2) is 43.5 Å². The molecule has 138 valence electrons. The Morgan fingerprint density at radius 3 is 2.27 bits per heavy atom. The van der Waals surface area contributed by atoms with Gasteiger partial charge in [0.2, 0.25) is 0 Å². The molecule has 0 aromatic heterocycles. The van der Waals surface area contributed by atoms with Crippen molar-refractivity contribution >= 4 is 11.6 Å². The molecular weight excluding hydrogens is 322 g/mol. The highest BCUT2D eigenvalue weighted by Crippen LogP contribution is 2.21. The minimum atomic E-state index is 0.000977. The number of carbonyl (C=O) groups excluding carboxylic acids is 1. The highest BCUT2D eigenvalue weighted by atomic mass is 16.1. The first-order valence-electron chi connectivity index (χ1n) is 9.48. The third-order valence-corrected chi connectivity index (χ3v) is 5.19. The van der Waals surface area contributed by atoms with E-state index >= 15 is 0 Å². The second kappa shape index (κ2) is 8.37. The van der Waals surface area contributed by atoms with Gasteiger partial charge in [0.25, 0.3) is 5.91 Å². The van der Waals surface area contributed by atoms with Gasteiger partial charge in [-0.05, 0) is 61.7 Å². The van der Waals surface area contributed by atoms with Gasteiger partial charge in [0, 0.05) is 50.5 Å². The smallest absolute Gasteiger partial charge is 0.251 e. The van der Waals surface area contributed by atoms with Crippen LogP contribution in [0.2, 0.25) is 0 Å². The molecule has 3 rings (SSSR count). The van der Waals surface area contributed by atoms with Crippen LogP contribution in [0.5, 0.6) is 0 Å². The Kier molecular flexibility index (Phi) is 5.94. The number of rotatable bonds is 5. The van der Waals surface area contributed by atoms with Crippen LogP contribution in [0.1, 0.15) is 34.0 Å². The quantitative estimate of drug-likeness (QED) is 0.897. The number of hydrogen-bond donors (Lipinski definition) is 1. The SMILES string of the molecule is CCNC(=O)c1ccc(CN2CCN(c3ccc(C)c(C)c3)CC2)cc1. The predicted octanol–water partition coefficient (Wildman–Crippen LogP) is 3.38. The summed E-state index contributed by atoms with van der Waals surface area (Å²) in [6.45, 7) is 12.1. The van der Waals surface area contributed by atoms with E-state index in [9.17, 15) is 4.79 Å². The van der Waals surface area contributed by atoms with E-state index in [2.05, 4.69) is 59.3 Å². The number of amides is 1. The Morgan fingerprint density at radius 1 is 0.962 bits per heavy atom. The van der Waals surface area contributed by atoms with Gasteiger partial charge in [-0.2, -0.15) is 0 Å². The summed E-state index contributed by atoms with van der Waals surface area (Å²) in [5.74, 6) is 0.000977. The first-order chi connectivity index (χ1) is 12.6. The molecule has 0 spiro atoms. The van der Waals surface area contributed by atoms with E-state index in [1.807, 2.05) is 19.1 Å². The Labute approximate surface area is 156 Å². The van der Waals surface area contributed by atoms with Crippen LogP contribution in [0.15, 0.2) is 42.5 Å². The monoisotopic (exact) mass is 351 g/mol. The summed E-state index contributed by atoms with van der Waals surface area (Å²) < 4.78 is 0. The number of benzene rings is 2. The van der Waals surface area contributed by atoms with E-state index in [1.54, 1.807) is 0 Å². The summed E-state index contributed by atoms with van der Waals surface area (Å²) in [5.41, 5.74) is 6.03. The van der Waals surface area contributed by atoms with Gasteiger partial charge in [-0.15, -0.1) is 0 Å². The number of carbonyl (C=O) groups is 1. The Bertz CT molecular complexity index is 746. The van der Waals surface area contributed by atoms with E-state index in [1.165, 1.54) is 22.4 Å². The molecule has 1 amide bonds. The standard InChI is InChI=1S/C22H29N3O/c1-4-23-22(26)20-8-6-19(7-9-20)16-24-11-13-25(14-12-24)21-10-5-17(2)18(3)15-21/h5-10,15H,4,11-14,16H2,1-3H3,(H,23,26). The minimum absolute atomic E-state index is 0.000977. The first kappa shape index (κ1) is 18.5. The number of aryl methyl sites for hydroxylation is 2. The number of piperazine rings is 1. The molecule has 0 atom stereocenters. The normalized spacial score (nSPS) is 15.1. The van der Waals surface area contributed by atoms with E-state index < -0.39 is 0 Å². The molecule has 4 nitrogen and oxygen atoms in total. The third kappa shape index (κ3) is 4.44. The van der Waals surface area contributed by atoms with Gasteiger partial charge in [0.1, 0.15) is 0 Å². The molecule has 1 heterocycles. The average Bonchev–Trinajstić information content (AvgIpc) is 2.65. The highest BCUT2D eigenvalue weighted by Gasteiger charge is 2.17. The lowest BCUT2D eigenvalue weighted by atomic mass is 10.1. The first-order valence-corrected chi connectivity index (χ1v) is 9.48. The largest absolute Gasteiger partial charge is 0.369 e. The van der Waals surface area contributed by atoms with Crippen molar-refractivity contribution in [2.24, 2.45) is 0 Å². The Hall–Kier alpha value is -2.33. The van der Waals surface area contributed by atoms with Gasteiger partial charge in [-0.25, -0.2) is 0 Å². The average molecular weight is 351 g/mol. The molecule has 1 fully saturated rings. The molecule has 26 heavy (non-hydrogen) atoms. The molecular formula is C22H29N3O. The summed E-state index contributed by atoms with van der Waals surface area (Å²) >= 11 is 0. The topological polar surface area (TPSA) is 35.6 Å². The molecule has 0 radical (unpaired) electrons. The number of hydrogen-bond acceptors (Lipinski definition) is 3. The Balaban J connectivity index is 1.53. The maximum atomic E-state index is 11.8. The third-order valence-electron chi connectivity index (χ3n) is 5.19. The second-order valence-electron chi connectivity index (χ2n) is 7.09. The van der Waals surface area contributed by atoms with Gasteiger partial charge in [-0.3, -0.25) is 9.69 Å². The molecule has 0 aliphatic carbocycles. The van der Waals surface area contributed by atoms with Crippen LogP contribution in [0.3, 0.4) is 0 Å². The lowest BCUT2D eigenvalue weighted by Gasteiger charge is -2.36. The van der Waals surface area contributed by atoms with Crippen molar-refractivity contribution in [1.82, 2.24) is 10.2 Å². The van der Waals surface area contributed by atoms with Crippen molar-refractivity contribution in [2.45, 2.75) is 27.3 Å². The fraction of sp³-hybridized carbons (Fsp3) is 0.409. The van der Waals surface area contributed by atoms with Crippen LogP contribution in [0.25, 0.3) is 0 Å². The molecule has 0 unspecified atom stereocenters. The van der Waals surface area contributed by atoms with E-state index in [0.717, 1.165) is 38.3 Å². The summed E-state index contributed by atoms with van der Waals surface area (Å²) in [6, 6.07) is 14.7. The van der Waals surface area contributed by atoms with E-state index in [0.29, 0.717) is 6.54 Å². The summed E-state index contributed by atoms with van der Waals surface area (Å²) in [7, 11) is 0. The second-order valence-corrected chi connectivity index (χ2v) is 7.09. The minimum Gasteiger partial charge on any atom is -0.369 e. The van der Waals surface area contributed by atoms with Crippen molar-refractivity contribution in [3.63, 3.8) is 0 Å². The number of nitrogens with one attached hydrogen (secondary N) is 1. The zero-order valence-corrected chi connectivity index (χ0v) is 16.1. The van der Waals surface area contributed by atoms with Crippen molar-refractivity contribution in [3.05, 3.63) is 64.7 Å². The van der Waals surface area contributed by atoms with E-state index in [4.69, 9.17) is 0 Å². The van der Waals surface area contributed by atoms with Gasteiger partial charge in [0.15, 0.2) is 0 Å². The molecule has 4 heteroatoms. The van der Waals surface area contributed by atoms with E-state index in [-0.39, 0.29) is 5.91 Å². The molecule has 0 saturated carbocycles. The molecule has 1 N–H and O–H groups in total. The maximum Gasteiger partial charge on any atom is 0.251 e. The number of nitrogens with zero attached hydrogens (tertiary/aromatic N) is 2. The summed E-state index contributed by atoms with van der Waals surface area (Å²) in [5, 5.41) is 2.84. The van der Waals surface area contributed by atoms with Gasteiger partial charge < -0.3 is 10.2 Å². The molecule has 2 aromatic rings. The highest BCUT2D eigenvalue weighted by molar-refractivity contribution is 5.94. The van der Waals surface area contributed by atoms with Crippen LogP contribution >= 0.6 is 0 Å². The van der Waals surface area contributed by atoms with Crippen LogP contribution in [0.4, 0.5) is 5.69 Å². The zero-order chi connectivity index (χ0) is 18.5. The van der Waals surface area contributed by atoms with Crippen LogP contribution in [0, 0.1) is 13.8 Å². The maximum absolute atomic E-state index is 11.8. The van der Waals surface area contributed by atoms with Crippen molar-refractivity contribution in [2.75, 3.05) is 37.6 Å². The molecule has 1 aliphatic heterocycles. The van der Waals surface area contributed by atoms with Crippen LogP contribution in [-0.2, 0) is 6.54 Å². The molecule has 0 bridgehead atoms. The lowest BCUT2D eigenvalue weighted by Crippen LogP contribution is -2.46. The van der Waals surface area contributed by atoms with Crippen molar-refractivity contribution < 1.29 is 4.79 Å². The Morgan fingerprint density at radius 2 is 1.65 bits per heavy atom. The molecule has 2 aromatic carbocycles. The van der Waals surface area contributed by atoms with Crippen molar-refractivity contribution in [1.29, 1.82) is 0 Å². The zero-order valence-electron chi connectivity index (χ0n) is 16.1. The fourth-order valence-corrected chi connectivity index (χ4v) is 3.37. The van der Waals surface area contributed by atoms with Crippen LogP contribution < -0.4 is 10.2 Å². The fourth-order valence-electron chi connectivity index (χ4n) is 3.37. The van der Waals surface area contributed by atoms with Gasteiger partial charge in [-0.1, -0.05) is 18.2 Å². The lowest BCUT2D eigenvalue weighted by molar-refractivity contribution is 0.0956. The molecule has 1 saturated heterocycles. The predicted molar refractivity (Wildman–Crippen MR) is 108 cm³/mol. The van der Waals surface area contributed by atoms with Gasteiger partial charge >= 0.3 is 0 Å². The summed E-state index contributed by atoms with van der Waals surface area (Å²) in [4.78, 5) is 16.8. The van der Waals surface area contributed by atoms with Gasteiger partial charge in [0.05, 0.1) is 0 Å². The van der Waals surface area contributed by atoms with Crippen molar-refractivity contribution in [3.8, 4) is 0 Å².